The van der Waals surface area contributed by atoms with Gasteiger partial charge in [-0.05, 0) is 24.8 Å². The Bertz CT molecular complexity index is 429. The molecular formula is C16H23NO3. The van der Waals surface area contributed by atoms with Crippen LogP contribution in [0.5, 0.6) is 0 Å². The smallest absolute Gasteiger partial charge is 0.328 e. The predicted molar refractivity (Wildman–Crippen MR) is 78.2 cm³/mol. The third-order valence-corrected chi connectivity index (χ3v) is 2.77. The van der Waals surface area contributed by atoms with Crippen LogP contribution in [0.1, 0.15) is 32.8 Å². The van der Waals surface area contributed by atoms with E-state index in [9.17, 15) is 9.59 Å². The molecule has 1 atom stereocenters. The zero-order valence-electron chi connectivity index (χ0n) is 12.4. The number of rotatable bonds is 7. The maximum Gasteiger partial charge on any atom is 0.328 e. The number of hydrogen-bond donors (Lipinski definition) is 1. The monoisotopic (exact) mass is 277 g/mol. The second-order valence-electron chi connectivity index (χ2n) is 5.30. The third-order valence-electron chi connectivity index (χ3n) is 2.77. The molecule has 20 heavy (non-hydrogen) atoms. The molecule has 4 heteroatoms. The number of esters is 1. The molecule has 1 rings (SSSR count). The first-order valence-corrected chi connectivity index (χ1v) is 6.99. The van der Waals surface area contributed by atoms with E-state index in [1.165, 1.54) is 0 Å². The highest BCUT2D eigenvalue weighted by Crippen LogP contribution is 2.03. The zero-order valence-corrected chi connectivity index (χ0v) is 12.4. The molecule has 0 radical (unpaired) electrons. The molecule has 0 saturated carbocycles. The molecule has 1 aromatic rings. The Morgan fingerprint density at radius 2 is 1.80 bits per heavy atom. The summed E-state index contributed by atoms with van der Waals surface area (Å²) in [5.74, 6) is -0.227. The predicted octanol–water partition coefficient (Wildman–Crippen LogP) is 2.32. The fourth-order valence-electron chi connectivity index (χ4n) is 1.65. The molecule has 110 valence electrons. The van der Waals surface area contributed by atoms with Gasteiger partial charge in [-0.25, -0.2) is 4.79 Å². The summed E-state index contributed by atoms with van der Waals surface area (Å²) in [6.45, 7) is 5.96. The Morgan fingerprint density at radius 3 is 2.40 bits per heavy atom. The number of carbonyl (C=O) groups excluding carboxylic acids is 2. The maximum absolute atomic E-state index is 11.8. The number of amides is 1. The Kier molecular flexibility index (Phi) is 6.77. The Morgan fingerprint density at radius 1 is 1.15 bits per heavy atom. The molecule has 1 amide bonds. The summed E-state index contributed by atoms with van der Waals surface area (Å²) in [6.07, 6.45) is 1.03. The van der Waals surface area contributed by atoms with Crippen molar-refractivity contribution < 1.29 is 14.3 Å². The molecule has 0 saturated heterocycles. The average Bonchev–Trinajstić information content (AvgIpc) is 2.43. The van der Waals surface area contributed by atoms with E-state index in [1.807, 2.05) is 44.2 Å². The van der Waals surface area contributed by atoms with Crippen LogP contribution in [0.3, 0.4) is 0 Å². The Balaban J connectivity index is 2.29. The van der Waals surface area contributed by atoms with Crippen LogP contribution >= 0.6 is 0 Å². The number of aryl methyl sites for hydroxylation is 1. The molecule has 4 nitrogen and oxygen atoms in total. The molecule has 0 aliphatic carbocycles. The minimum Gasteiger partial charge on any atom is -0.464 e. The van der Waals surface area contributed by atoms with E-state index >= 15 is 0 Å². The van der Waals surface area contributed by atoms with E-state index in [-0.39, 0.29) is 11.9 Å². The molecular weight excluding hydrogens is 254 g/mol. The second kappa shape index (κ2) is 8.35. The number of hydrogen-bond acceptors (Lipinski definition) is 3. The van der Waals surface area contributed by atoms with Crippen LogP contribution in [0, 0.1) is 5.92 Å². The van der Waals surface area contributed by atoms with Crippen molar-refractivity contribution in [2.24, 2.45) is 5.92 Å². The number of carbonyl (C=O) groups is 2. The van der Waals surface area contributed by atoms with Crippen LogP contribution in [-0.2, 0) is 20.7 Å². The Hall–Kier alpha value is -1.84. The quantitative estimate of drug-likeness (QED) is 0.778. The molecule has 0 spiro atoms. The minimum atomic E-state index is -0.600. The molecule has 0 aliphatic heterocycles. The van der Waals surface area contributed by atoms with E-state index in [0.717, 1.165) is 5.56 Å². The van der Waals surface area contributed by atoms with Crippen molar-refractivity contribution in [2.45, 2.75) is 39.7 Å². The largest absolute Gasteiger partial charge is 0.464 e. The van der Waals surface area contributed by atoms with Crippen molar-refractivity contribution in [1.82, 2.24) is 5.32 Å². The van der Waals surface area contributed by atoms with Gasteiger partial charge in [0.1, 0.15) is 6.04 Å². The standard InChI is InChI=1S/C16H23NO3/c1-12(2)11-20-16(19)13(3)17-15(18)10-9-14-7-5-4-6-8-14/h4-8,12-13H,9-11H2,1-3H3,(H,17,18)/t13-/m1/s1. The van der Waals surface area contributed by atoms with Gasteiger partial charge in [0.15, 0.2) is 0 Å². The lowest BCUT2D eigenvalue weighted by molar-refractivity contribution is -0.148. The van der Waals surface area contributed by atoms with E-state index in [2.05, 4.69) is 5.32 Å². The van der Waals surface area contributed by atoms with Gasteiger partial charge in [0.2, 0.25) is 5.91 Å². The number of nitrogens with one attached hydrogen (secondary N) is 1. The van der Waals surface area contributed by atoms with E-state index < -0.39 is 6.04 Å². The van der Waals surface area contributed by atoms with Crippen molar-refractivity contribution in [1.29, 1.82) is 0 Å². The van der Waals surface area contributed by atoms with Crippen LogP contribution in [0.15, 0.2) is 30.3 Å². The summed E-state index contributed by atoms with van der Waals surface area (Å²) >= 11 is 0. The minimum absolute atomic E-state index is 0.136. The topological polar surface area (TPSA) is 55.4 Å². The molecule has 0 fully saturated rings. The van der Waals surface area contributed by atoms with Crippen LogP contribution in [-0.4, -0.2) is 24.5 Å². The van der Waals surface area contributed by atoms with E-state index in [0.29, 0.717) is 25.4 Å². The number of ether oxygens (including phenoxy) is 1. The van der Waals surface area contributed by atoms with Crippen molar-refractivity contribution in [3.05, 3.63) is 35.9 Å². The van der Waals surface area contributed by atoms with Crippen molar-refractivity contribution in [2.75, 3.05) is 6.61 Å². The Labute approximate surface area is 120 Å². The lowest BCUT2D eigenvalue weighted by atomic mass is 10.1. The van der Waals surface area contributed by atoms with E-state index in [4.69, 9.17) is 4.74 Å². The van der Waals surface area contributed by atoms with Crippen molar-refractivity contribution >= 4 is 11.9 Å². The van der Waals surface area contributed by atoms with Crippen LogP contribution in [0.2, 0.25) is 0 Å². The molecule has 0 aromatic heterocycles. The highest BCUT2D eigenvalue weighted by atomic mass is 16.5. The van der Waals surface area contributed by atoms with Gasteiger partial charge in [-0.2, -0.15) is 0 Å². The molecule has 0 bridgehead atoms. The summed E-state index contributed by atoms with van der Waals surface area (Å²) in [4.78, 5) is 23.4. The molecule has 1 aromatic carbocycles. The fourth-order valence-corrected chi connectivity index (χ4v) is 1.65. The molecule has 0 unspecified atom stereocenters. The second-order valence-corrected chi connectivity index (χ2v) is 5.30. The summed E-state index contributed by atoms with van der Waals surface area (Å²) in [6, 6.07) is 9.19. The van der Waals surface area contributed by atoms with Gasteiger partial charge in [0.05, 0.1) is 6.61 Å². The van der Waals surface area contributed by atoms with Crippen LogP contribution in [0.25, 0.3) is 0 Å². The van der Waals surface area contributed by atoms with Gasteiger partial charge in [-0.15, -0.1) is 0 Å². The average molecular weight is 277 g/mol. The lowest BCUT2D eigenvalue weighted by Gasteiger charge is -2.14. The van der Waals surface area contributed by atoms with Gasteiger partial charge < -0.3 is 10.1 Å². The lowest BCUT2D eigenvalue weighted by Crippen LogP contribution is -2.40. The first kappa shape index (κ1) is 16.2. The normalized spacial score (nSPS) is 12.0. The first-order chi connectivity index (χ1) is 9.49. The van der Waals surface area contributed by atoms with Gasteiger partial charge in [-0.1, -0.05) is 44.2 Å². The molecule has 0 aliphatic rings. The summed E-state index contributed by atoms with van der Waals surface area (Å²) in [5, 5.41) is 2.66. The zero-order chi connectivity index (χ0) is 15.0. The summed E-state index contributed by atoms with van der Waals surface area (Å²) in [7, 11) is 0. The van der Waals surface area contributed by atoms with Gasteiger partial charge in [-0.3, -0.25) is 4.79 Å². The summed E-state index contributed by atoms with van der Waals surface area (Å²) < 4.78 is 5.08. The van der Waals surface area contributed by atoms with Crippen LogP contribution in [0.4, 0.5) is 0 Å². The highest BCUT2D eigenvalue weighted by Gasteiger charge is 2.17. The first-order valence-electron chi connectivity index (χ1n) is 6.99. The molecule has 1 N–H and O–H groups in total. The fraction of sp³-hybridized carbons (Fsp3) is 0.500. The third kappa shape index (κ3) is 6.36. The maximum atomic E-state index is 11.8. The number of benzene rings is 1. The van der Waals surface area contributed by atoms with Gasteiger partial charge in [0, 0.05) is 6.42 Å². The molecule has 0 heterocycles. The highest BCUT2D eigenvalue weighted by molar-refractivity contribution is 5.84. The van der Waals surface area contributed by atoms with E-state index in [1.54, 1.807) is 6.92 Å². The van der Waals surface area contributed by atoms with Crippen molar-refractivity contribution in [3.63, 3.8) is 0 Å². The van der Waals surface area contributed by atoms with Gasteiger partial charge in [0.25, 0.3) is 0 Å². The SMILES string of the molecule is CC(C)COC(=O)[C@@H](C)NC(=O)CCc1ccccc1. The van der Waals surface area contributed by atoms with Crippen LogP contribution < -0.4 is 5.32 Å². The van der Waals surface area contributed by atoms with Gasteiger partial charge >= 0.3 is 5.97 Å². The van der Waals surface area contributed by atoms with Crippen molar-refractivity contribution in [3.8, 4) is 0 Å². The summed E-state index contributed by atoms with van der Waals surface area (Å²) in [5.41, 5.74) is 1.11.